The summed E-state index contributed by atoms with van der Waals surface area (Å²) in [4.78, 5) is 27.5. The number of aromatic amines is 1. The first kappa shape index (κ1) is 15.7. The molecule has 4 nitrogen and oxygen atoms in total. The van der Waals surface area contributed by atoms with Gasteiger partial charge in [-0.3, -0.25) is 4.79 Å². The van der Waals surface area contributed by atoms with Crippen LogP contribution >= 0.6 is 0 Å². The highest BCUT2D eigenvalue weighted by Gasteiger charge is 2.21. The Balaban J connectivity index is 1.68. The molecule has 0 spiro atoms. The minimum atomic E-state index is -0.850. The van der Waals surface area contributed by atoms with Crippen LogP contribution in [0.15, 0.2) is 66.9 Å². The lowest BCUT2D eigenvalue weighted by molar-refractivity contribution is -0.140. The Hall–Kier alpha value is -3.14. The Kier molecular flexibility index (Phi) is 4.57. The van der Waals surface area contributed by atoms with Crippen LogP contribution in [0.3, 0.4) is 0 Å². The molecule has 1 atom stereocenters. The molecule has 0 aliphatic heterocycles. The predicted molar refractivity (Wildman–Crippen MR) is 93.7 cm³/mol. The standard InChI is InChI=1S/C20H17NO3/c1-14(24-19(22)12-11-15-7-3-2-4-8-15)20(23)17-13-21-18-10-6-5-9-16(17)18/h2-14,21H,1H3/b12-11+/t14-/m0/s1. The molecule has 4 heteroatoms. The van der Waals surface area contributed by atoms with Gasteiger partial charge in [-0.1, -0.05) is 48.5 Å². The van der Waals surface area contributed by atoms with Crippen LogP contribution in [0.2, 0.25) is 0 Å². The highest BCUT2D eigenvalue weighted by atomic mass is 16.5. The molecule has 0 saturated heterocycles. The lowest BCUT2D eigenvalue weighted by atomic mass is 10.1. The van der Waals surface area contributed by atoms with Crippen molar-refractivity contribution in [2.75, 3.05) is 0 Å². The smallest absolute Gasteiger partial charge is 0.331 e. The van der Waals surface area contributed by atoms with Crippen LogP contribution in [-0.4, -0.2) is 22.8 Å². The molecular formula is C20H17NO3. The highest BCUT2D eigenvalue weighted by Crippen LogP contribution is 2.20. The molecule has 120 valence electrons. The van der Waals surface area contributed by atoms with Gasteiger partial charge in [0.25, 0.3) is 0 Å². The quantitative estimate of drug-likeness (QED) is 0.439. The number of nitrogens with one attached hydrogen (secondary N) is 1. The van der Waals surface area contributed by atoms with Crippen LogP contribution in [-0.2, 0) is 9.53 Å². The summed E-state index contributed by atoms with van der Waals surface area (Å²) < 4.78 is 5.22. The molecule has 24 heavy (non-hydrogen) atoms. The molecule has 1 N–H and O–H groups in total. The van der Waals surface area contributed by atoms with Crippen LogP contribution in [0.5, 0.6) is 0 Å². The Morgan fingerprint density at radius 2 is 1.75 bits per heavy atom. The fraction of sp³-hybridized carbons (Fsp3) is 0.100. The minimum absolute atomic E-state index is 0.228. The lowest BCUT2D eigenvalue weighted by Gasteiger charge is -2.10. The number of hydrogen-bond donors (Lipinski definition) is 1. The highest BCUT2D eigenvalue weighted by molar-refractivity contribution is 6.10. The molecule has 0 bridgehead atoms. The largest absolute Gasteiger partial charge is 0.451 e. The van der Waals surface area contributed by atoms with Crippen molar-refractivity contribution < 1.29 is 14.3 Å². The molecule has 0 radical (unpaired) electrons. The maximum absolute atomic E-state index is 12.5. The van der Waals surface area contributed by atoms with Gasteiger partial charge < -0.3 is 9.72 Å². The number of para-hydroxylation sites is 1. The molecule has 0 unspecified atom stereocenters. The summed E-state index contributed by atoms with van der Waals surface area (Å²) in [5.74, 6) is -0.770. The minimum Gasteiger partial charge on any atom is -0.451 e. The number of hydrogen-bond acceptors (Lipinski definition) is 3. The van der Waals surface area contributed by atoms with E-state index in [4.69, 9.17) is 4.74 Å². The average Bonchev–Trinajstić information content (AvgIpc) is 3.04. The number of carbonyl (C=O) groups excluding carboxylic acids is 2. The van der Waals surface area contributed by atoms with E-state index in [9.17, 15) is 9.59 Å². The van der Waals surface area contributed by atoms with Crippen molar-refractivity contribution in [2.45, 2.75) is 13.0 Å². The molecule has 0 amide bonds. The maximum atomic E-state index is 12.5. The molecule has 2 aromatic carbocycles. The number of Topliss-reactive ketones (excluding diaryl/α,β-unsaturated/α-hetero) is 1. The zero-order valence-corrected chi connectivity index (χ0v) is 13.2. The number of rotatable bonds is 5. The van der Waals surface area contributed by atoms with Crippen LogP contribution in [0.1, 0.15) is 22.8 Å². The Labute approximate surface area is 139 Å². The van der Waals surface area contributed by atoms with E-state index in [2.05, 4.69) is 4.98 Å². The molecule has 3 aromatic rings. The zero-order chi connectivity index (χ0) is 16.9. The third-order valence-electron chi connectivity index (χ3n) is 3.73. The van der Waals surface area contributed by atoms with E-state index < -0.39 is 12.1 Å². The molecule has 0 aliphatic carbocycles. The summed E-state index contributed by atoms with van der Waals surface area (Å²) >= 11 is 0. The summed E-state index contributed by atoms with van der Waals surface area (Å²) in [5.41, 5.74) is 2.30. The second-order valence-corrected chi connectivity index (χ2v) is 5.44. The SMILES string of the molecule is C[C@H](OC(=O)/C=C/c1ccccc1)C(=O)c1c[nH]c2ccccc12. The summed E-state index contributed by atoms with van der Waals surface area (Å²) in [5, 5.41) is 0.824. The Morgan fingerprint density at radius 3 is 2.54 bits per heavy atom. The first-order valence-corrected chi connectivity index (χ1v) is 7.69. The van der Waals surface area contributed by atoms with Gasteiger partial charge in [0.1, 0.15) is 0 Å². The normalized spacial score (nSPS) is 12.4. The number of benzene rings is 2. The van der Waals surface area contributed by atoms with E-state index >= 15 is 0 Å². The third kappa shape index (κ3) is 3.43. The van der Waals surface area contributed by atoms with Gasteiger partial charge in [0.15, 0.2) is 6.10 Å². The van der Waals surface area contributed by atoms with E-state index in [0.717, 1.165) is 16.5 Å². The van der Waals surface area contributed by atoms with Gasteiger partial charge in [-0.2, -0.15) is 0 Å². The Morgan fingerprint density at radius 1 is 1.04 bits per heavy atom. The first-order valence-electron chi connectivity index (χ1n) is 7.69. The molecule has 1 heterocycles. The monoisotopic (exact) mass is 319 g/mol. The lowest BCUT2D eigenvalue weighted by Crippen LogP contribution is -2.23. The van der Waals surface area contributed by atoms with E-state index in [-0.39, 0.29) is 5.78 Å². The van der Waals surface area contributed by atoms with E-state index in [1.54, 1.807) is 19.2 Å². The van der Waals surface area contributed by atoms with Crippen molar-refractivity contribution >= 4 is 28.7 Å². The molecule has 0 fully saturated rings. The number of carbonyl (C=O) groups is 2. The second-order valence-electron chi connectivity index (χ2n) is 5.44. The van der Waals surface area contributed by atoms with Crippen molar-refractivity contribution in [3.05, 3.63) is 78.0 Å². The maximum Gasteiger partial charge on any atom is 0.331 e. The van der Waals surface area contributed by atoms with Gasteiger partial charge in [-0.15, -0.1) is 0 Å². The number of esters is 1. The third-order valence-corrected chi connectivity index (χ3v) is 3.73. The average molecular weight is 319 g/mol. The van der Waals surface area contributed by atoms with E-state index in [1.807, 2.05) is 54.6 Å². The molecule has 0 aliphatic rings. The van der Waals surface area contributed by atoms with Crippen molar-refractivity contribution in [2.24, 2.45) is 0 Å². The molecular weight excluding hydrogens is 302 g/mol. The molecule has 3 rings (SSSR count). The van der Waals surface area contributed by atoms with Crippen LogP contribution < -0.4 is 0 Å². The van der Waals surface area contributed by atoms with Crippen molar-refractivity contribution in [1.29, 1.82) is 0 Å². The van der Waals surface area contributed by atoms with E-state index in [0.29, 0.717) is 5.56 Å². The summed E-state index contributed by atoms with van der Waals surface area (Å²) in [6.45, 7) is 1.58. The zero-order valence-electron chi connectivity index (χ0n) is 13.2. The number of H-pyrrole nitrogens is 1. The van der Waals surface area contributed by atoms with Gasteiger partial charge >= 0.3 is 5.97 Å². The molecule has 1 aromatic heterocycles. The van der Waals surface area contributed by atoms with Crippen molar-refractivity contribution in [1.82, 2.24) is 4.98 Å². The van der Waals surface area contributed by atoms with Gasteiger partial charge in [0.05, 0.1) is 0 Å². The summed E-state index contributed by atoms with van der Waals surface area (Å²) in [6.07, 6.45) is 3.79. The van der Waals surface area contributed by atoms with Gasteiger partial charge in [-0.25, -0.2) is 4.79 Å². The number of ether oxygens (including phenoxy) is 1. The molecule has 0 saturated carbocycles. The van der Waals surface area contributed by atoms with Crippen LogP contribution in [0.4, 0.5) is 0 Å². The van der Waals surface area contributed by atoms with Crippen molar-refractivity contribution in [3.63, 3.8) is 0 Å². The van der Waals surface area contributed by atoms with Gasteiger partial charge in [-0.05, 0) is 24.6 Å². The van der Waals surface area contributed by atoms with Gasteiger partial charge in [0, 0.05) is 28.7 Å². The van der Waals surface area contributed by atoms with E-state index in [1.165, 1.54) is 6.08 Å². The number of ketones is 1. The van der Waals surface area contributed by atoms with Crippen LogP contribution in [0, 0.1) is 0 Å². The summed E-state index contributed by atoms with van der Waals surface area (Å²) in [7, 11) is 0. The number of fused-ring (bicyclic) bond motifs is 1. The second kappa shape index (κ2) is 6.96. The first-order chi connectivity index (χ1) is 11.6. The summed E-state index contributed by atoms with van der Waals surface area (Å²) in [6, 6.07) is 16.9. The Bertz CT molecular complexity index is 893. The number of aromatic nitrogens is 1. The van der Waals surface area contributed by atoms with Crippen LogP contribution in [0.25, 0.3) is 17.0 Å². The fourth-order valence-electron chi connectivity index (χ4n) is 2.49. The predicted octanol–water partition coefficient (Wildman–Crippen LogP) is 4.00. The van der Waals surface area contributed by atoms with Crippen molar-refractivity contribution in [3.8, 4) is 0 Å². The fourth-order valence-corrected chi connectivity index (χ4v) is 2.49. The van der Waals surface area contributed by atoms with Gasteiger partial charge in [0.2, 0.25) is 5.78 Å². The topological polar surface area (TPSA) is 59.2 Å².